The maximum absolute atomic E-state index is 13.0. The summed E-state index contributed by atoms with van der Waals surface area (Å²) in [5.41, 5.74) is -0.888. The third kappa shape index (κ3) is 4.14. The molecule has 20 heavy (non-hydrogen) atoms. The van der Waals surface area contributed by atoms with E-state index in [0.717, 1.165) is 6.07 Å². The van der Waals surface area contributed by atoms with Crippen molar-refractivity contribution < 1.29 is 17.9 Å². The number of halogens is 3. The maximum atomic E-state index is 13.0. The molecule has 0 radical (unpaired) electrons. The molecule has 0 heterocycles. The normalized spacial score (nSPS) is 13.1. The largest absolute Gasteiger partial charge is 0.418 e. The van der Waals surface area contributed by atoms with Crippen molar-refractivity contribution in [3.05, 3.63) is 29.3 Å². The fourth-order valence-electron chi connectivity index (χ4n) is 1.75. The molecule has 6 heteroatoms. The smallest absolute Gasteiger partial charge is 0.383 e. The van der Waals surface area contributed by atoms with Crippen LogP contribution in [0.3, 0.4) is 0 Å². The number of alkyl halides is 3. The molecule has 1 atom stereocenters. The molecule has 0 aliphatic heterocycles. The molecular weight excluding hydrogens is 269 g/mol. The number of nitriles is 1. The first kappa shape index (κ1) is 16.3. The van der Waals surface area contributed by atoms with E-state index in [-0.39, 0.29) is 23.2 Å². The minimum Gasteiger partial charge on any atom is -0.383 e. The van der Waals surface area contributed by atoms with Crippen molar-refractivity contribution in [2.24, 2.45) is 5.92 Å². The molecule has 110 valence electrons. The predicted molar refractivity (Wildman–Crippen MR) is 70.3 cm³/mol. The van der Waals surface area contributed by atoms with Crippen molar-refractivity contribution in [3.63, 3.8) is 0 Å². The summed E-state index contributed by atoms with van der Waals surface area (Å²) in [4.78, 5) is 0. The SMILES string of the molecule is COCC(Nc1ccc(C#N)cc1C(F)(F)F)C(C)C. The second-order valence-electron chi connectivity index (χ2n) is 4.82. The van der Waals surface area contributed by atoms with Crippen molar-refractivity contribution >= 4 is 5.69 Å². The molecule has 0 bridgehead atoms. The third-order valence-electron chi connectivity index (χ3n) is 2.95. The quantitative estimate of drug-likeness (QED) is 0.898. The Hall–Kier alpha value is -1.74. The number of hydrogen-bond acceptors (Lipinski definition) is 3. The maximum Gasteiger partial charge on any atom is 0.418 e. The standard InChI is InChI=1S/C14H17F3N2O/c1-9(2)13(8-20-3)19-12-5-4-10(7-18)6-11(12)14(15,16)17/h4-6,9,13,19H,8H2,1-3H3. The third-order valence-corrected chi connectivity index (χ3v) is 2.95. The molecule has 1 N–H and O–H groups in total. The summed E-state index contributed by atoms with van der Waals surface area (Å²) in [6, 6.07) is 4.97. The van der Waals surface area contributed by atoms with E-state index in [1.54, 1.807) is 6.07 Å². The Labute approximate surface area is 116 Å². The number of benzene rings is 1. The van der Waals surface area contributed by atoms with Gasteiger partial charge < -0.3 is 10.1 Å². The van der Waals surface area contributed by atoms with Gasteiger partial charge in [-0.25, -0.2) is 0 Å². The topological polar surface area (TPSA) is 45.0 Å². The van der Waals surface area contributed by atoms with Gasteiger partial charge in [0.1, 0.15) is 0 Å². The van der Waals surface area contributed by atoms with Gasteiger partial charge in [-0.05, 0) is 24.1 Å². The van der Waals surface area contributed by atoms with Gasteiger partial charge in [0.2, 0.25) is 0 Å². The molecule has 1 rings (SSSR count). The van der Waals surface area contributed by atoms with Crippen LogP contribution in [0, 0.1) is 17.2 Å². The van der Waals surface area contributed by atoms with E-state index in [2.05, 4.69) is 5.32 Å². The van der Waals surface area contributed by atoms with Crippen LogP contribution in [0.15, 0.2) is 18.2 Å². The van der Waals surface area contributed by atoms with Crippen molar-refractivity contribution in [1.82, 2.24) is 0 Å². The number of nitrogens with one attached hydrogen (secondary N) is 1. The van der Waals surface area contributed by atoms with Crippen LogP contribution in [0.4, 0.5) is 18.9 Å². The van der Waals surface area contributed by atoms with E-state index in [1.807, 2.05) is 13.8 Å². The highest BCUT2D eigenvalue weighted by Crippen LogP contribution is 2.36. The zero-order valence-corrected chi connectivity index (χ0v) is 11.6. The molecule has 1 aromatic rings. The fraction of sp³-hybridized carbons (Fsp3) is 0.500. The van der Waals surface area contributed by atoms with E-state index in [9.17, 15) is 13.2 Å². The van der Waals surface area contributed by atoms with E-state index in [1.165, 1.54) is 19.2 Å². The highest BCUT2D eigenvalue weighted by molar-refractivity contribution is 5.56. The van der Waals surface area contributed by atoms with Gasteiger partial charge in [0.15, 0.2) is 0 Å². The molecule has 0 aromatic heterocycles. The van der Waals surface area contributed by atoms with Crippen LogP contribution in [0.1, 0.15) is 25.0 Å². The number of nitrogens with zero attached hydrogens (tertiary/aromatic N) is 1. The fourth-order valence-corrected chi connectivity index (χ4v) is 1.75. The second kappa shape index (κ2) is 6.62. The molecule has 0 aliphatic carbocycles. The molecule has 0 spiro atoms. The van der Waals surface area contributed by atoms with Gasteiger partial charge in [-0.15, -0.1) is 0 Å². The predicted octanol–water partition coefficient (Wildman–Crippen LogP) is 3.66. The Balaban J connectivity index is 3.14. The Morgan fingerprint density at radius 2 is 2.00 bits per heavy atom. The van der Waals surface area contributed by atoms with Gasteiger partial charge in [-0.2, -0.15) is 18.4 Å². The van der Waals surface area contributed by atoms with Gasteiger partial charge in [0, 0.05) is 12.8 Å². The van der Waals surface area contributed by atoms with E-state index in [0.29, 0.717) is 6.61 Å². The number of ether oxygens (including phenoxy) is 1. The van der Waals surface area contributed by atoms with Gasteiger partial charge >= 0.3 is 6.18 Å². The minimum atomic E-state index is -4.51. The molecule has 3 nitrogen and oxygen atoms in total. The summed E-state index contributed by atoms with van der Waals surface area (Å²) in [5.74, 6) is 0.103. The number of rotatable bonds is 5. The van der Waals surface area contributed by atoms with E-state index >= 15 is 0 Å². The lowest BCUT2D eigenvalue weighted by atomic mass is 10.0. The van der Waals surface area contributed by atoms with E-state index < -0.39 is 11.7 Å². The Kier molecular flexibility index (Phi) is 5.40. The highest BCUT2D eigenvalue weighted by Gasteiger charge is 2.34. The minimum absolute atomic E-state index is 0.0179. The van der Waals surface area contributed by atoms with Crippen molar-refractivity contribution in [2.45, 2.75) is 26.1 Å². The Morgan fingerprint density at radius 1 is 1.35 bits per heavy atom. The Morgan fingerprint density at radius 3 is 2.45 bits per heavy atom. The first-order valence-electron chi connectivity index (χ1n) is 6.16. The summed E-state index contributed by atoms with van der Waals surface area (Å²) in [6.45, 7) is 4.09. The van der Waals surface area contributed by atoms with Gasteiger partial charge in [-0.1, -0.05) is 13.8 Å². The molecule has 0 saturated heterocycles. The van der Waals surface area contributed by atoms with Gasteiger partial charge in [0.05, 0.1) is 29.8 Å². The first-order chi connectivity index (χ1) is 9.29. The number of hydrogen-bond donors (Lipinski definition) is 1. The molecular formula is C14H17F3N2O. The number of anilines is 1. The van der Waals surface area contributed by atoms with Crippen molar-refractivity contribution in [3.8, 4) is 6.07 Å². The molecule has 0 fully saturated rings. The molecule has 0 saturated carbocycles. The average Bonchev–Trinajstić information content (AvgIpc) is 2.37. The zero-order valence-electron chi connectivity index (χ0n) is 11.6. The van der Waals surface area contributed by atoms with Crippen LogP contribution in [0.25, 0.3) is 0 Å². The van der Waals surface area contributed by atoms with Crippen LogP contribution >= 0.6 is 0 Å². The summed E-state index contributed by atoms with van der Waals surface area (Å²) < 4.78 is 44.1. The lowest BCUT2D eigenvalue weighted by Gasteiger charge is -2.25. The first-order valence-corrected chi connectivity index (χ1v) is 6.16. The molecule has 0 amide bonds. The second-order valence-corrected chi connectivity index (χ2v) is 4.82. The number of methoxy groups -OCH3 is 1. The summed E-state index contributed by atoms with van der Waals surface area (Å²) >= 11 is 0. The molecule has 1 unspecified atom stereocenters. The van der Waals surface area contributed by atoms with Crippen LogP contribution in [-0.4, -0.2) is 19.8 Å². The molecule has 1 aromatic carbocycles. The van der Waals surface area contributed by atoms with Gasteiger partial charge in [-0.3, -0.25) is 0 Å². The van der Waals surface area contributed by atoms with Gasteiger partial charge in [0.25, 0.3) is 0 Å². The van der Waals surface area contributed by atoms with Crippen molar-refractivity contribution in [2.75, 3.05) is 19.0 Å². The lowest BCUT2D eigenvalue weighted by Crippen LogP contribution is -2.31. The summed E-state index contributed by atoms with van der Waals surface area (Å²) in [5, 5.41) is 11.6. The summed E-state index contributed by atoms with van der Waals surface area (Å²) in [7, 11) is 1.50. The van der Waals surface area contributed by atoms with Crippen LogP contribution in [0.2, 0.25) is 0 Å². The van der Waals surface area contributed by atoms with Crippen LogP contribution in [-0.2, 0) is 10.9 Å². The monoisotopic (exact) mass is 286 g/mol. The highest BCUT2D eigenvalue weighted by atomic mass is 19.4. The molecule has 0 aliphatic rings. The average molecular weight is 286 g/mol. The van der Waals surface area contributed by atoms with Crippen LogP contribution in [0.5, 0.6) is 0 Å². The van der Waals surface area contributed by atoms with Crippen LogP contribution < -0.4 is 5.32 Å². The summed E-state index contributed by atoms with van der Waals surface area (Å²) in [6.07, 6.45) is -4.51. The zero-order chi connectivity index (χ0) is 15.3. The van der Waals surface area contributed by atoms with Crippen molar-refractivity contribution in [1.29, 1.82) is 5.26 Å². The lowest BCUT2D eigenvalue weighted by molar-refractivity contribution is -0.137. The van der Waals surface area contributed by atoms with E-state index in [4.69, 9.17) is 10.00 Å². The Bertz CT molecular complexity index is 492.